The summed E-state index contributed by atoms with van der Waals surface area (Å²) in [6, 6.07) is 16.9. The summed E-state index contributed by atoms with van der Waals surface area (Å²) in [5.74, 6) is -2.10. The molecule has 0 aliphatic carbocycles. The van der Waals surface area contributed by atoms with Crippen molar-refractivity contribution in [2.75, 3.05) is 12.4 Å². The van der Waals surface area contributed by atoms with Crippen LogP contribution in [0.3, 0.4) is 0 Å². The average Bonchev–Trinajstić information content (AvgIpc) is 2.62. The predicted octanol–water partition coefficient (Wildman–Crippen LogP) is 2.05. The van der Waals surface area contributed by atoms with E-state index in [0.29, 0.717) is 11.3 Å². The molecule has 0 spiro atoms. The van der Waals surface area contributed by atoms with E-state index < -0.39 is 23.8 Å². The lowest BCUT2D eigenvalue weighted by molar-refractivity contribution is -0.142. The highest BCUT2D eigenvalue weighted by atomic mass is 16.5. The first-order chi connectivity index (χ1) is 11.6. The Bertz CT molecular complexity index is 701. The zero-order valence-electron chi connectivity index (χ0n) is 13.2. The Balaban J connectivity index is 2.06. The van der Waals surface area contributed by atoms with Crippen molar-refractivity contribution in [2.45, 2.75) is 12.5 Å². The minimum atomic E-state index is -0.823. The van der Waals surface area contributed by atoms with E-state index in [1.54, 1.807) is 54.6 Å². The molecule has 0 bridgehead atoms. The summed E-state index contributed by atoms with van der Waals surface area (Å²) in [5.41, 5.74) is 1.23. The van der Waals surface area contributed by atoms with Gasteiger partial charge >= 0.3 is 17.8 Å². The second kappa shape index (κ2) is 8.47. The quantitative estimate of drug-likeness (QED) is 0.650. The maximum absolute atomic E-state index is 12.1. The number of nitrogens with one attached hydrogen (secondary N) is 2. The number of hydrogen-bond donors (Lipinski definition) is 2. The largest absolute Gasteiger partial charge is 0.469 e. The van der Waals surface area contributed by atoms with E-state index in [0.717, 1.165) is 0 Å². The molecule has 0 unspecified atom stereocenters. The lowest BCUT2D eigenvalue weighted by atomic mass is 10.0. The summed E-state index contributed by atoms with van der Waals surface area (Å²) in [4.78, 5) is 35.7. The fraction of sp³-hybridized carbons (Fsp3) is 0.167. The van der Waals surface area contributed by atoms with Crippen LogP contribution >= 0.6 is 0 Å². The highest BCUT2D eigenvalue weighted by Gasteiger charge is 2.22. The molecule has 6 heteroatoms. The molecule has 0 radical (unpaired) electrons. The summed E-state index contributed by atoms with van der Waals surface area (Å²) in [6.45, 7) is 0. The van der Waals surface area contributed by atoms with Crippen molar-refractivity contribution in [2.24, 2.45) is 0 Å². The SMILES string of the molecule is COC(=O)C[C@H](NC(=O)C(=O)Nc1ccccc1)c1ccccc1. The maximum atomic E-state index is 12.1. The molecule has 2 amide bonds. The van der Waals surface area contributed by atoms with Crippen molar-refractivity contribution >= 4 is 23.5 Å². The van der Waals surface area contributed by atoms with Gasteiger partial charge in [0.1, 0.15) is 0 Å². The zero-order valence-corrected chi connectivity index (χ0v) is 13.2. The summed E-state index contributed by atoms with van der Waals surface area (Å²) >= 11 is 0. The number of hydrogen-bond acceptors (Lipinski definition) is 4. The third kappa shape index (κ3) is 4.95. The Kier molecular flexibility index (Phi) is 6.08. The van der Waals surface area contributed by atoms with Gasteiger partial charge in [0.25, 0.3) is 0 Å². The van der Waals surface area contributed by atoms with E-state index in [1.807, 2.05) is 6.07 Å². The number of para-hydroxylation sites is 1. The minimum absolute atomic E-state index is 0.0646. The van der Waals surface area contributed by atoms with Gasteiger partial charge in [-0.1, -0.05) is 48.5 Å². The van der Waals surface area contributed by atoms with Gasteiger partial charge in [-0.2, -0.15) is 0 Å². The van der Waals surface area contributed by atoms with Crippen LogP contribution < -0.4 is 10.6 Å². The third-order valence-electron chi connectivity index (χ3n) is 3.34. The lowest BCUT2D eigenvalue weighted by Gasteiger charge is -2.18. The van der Waals surface area contributed by atoms with Crippen molar-refractivity contribution in [3.05, 3.63) is 66.2 Å². The van der Waals surface area contributed by atoms with Crippen LogP contribution in [0.4, 0.5) is 5.69 Å². The summed E-state index contributed by atoms with van der Waals surface area (Å²) in [7, 11) is 1.27. The molecule has 2 rings (SSSR count). The van der Waals surface area contributed by atoms with Gasteiger partial charge in [-0.3, -0.25) is 14.4 Å². The first kappa shape index (κ1) is 17.2. The van der Waals surface area contributed by atoms with Crippen molar-refractivity contribution in [1.29, 1.82) is 0 Å². The highest BCUT2D eigenvalue weighted by Crippen LogP contribution is 2.17. The first-order valence-electron chi connectivity index (χ1n) is 7.39. The van der Waals surface area contributed by atoms with Crippen LogP contribution in [0.25, 0.3) is 0 Å². The number of benzene rings is 2. The van der Waals surface area contributed by atoms with E-state index in [4.69, 9.17) is 0 Å². The molecule has 6 nitrogen and oxygen atoms in total. The van der Waals surface area contributed by atoms with Gasteiger partial charge in [-0.15, -0.1) is 0 Å². The van der Waals surface area contributed by atoms with Crippen LogP contribution in [0.2, 0.25) is 0 Å². The van der Waals surface area contributed by atoms with Gasteiger partial charge in [-0.05, 0) is 17.7 Å². The van der Waals surface area contributed by atoms with E-state index in [1.165, 1.54) is 7.11 Å². The fourth-order valence-electron chi connectivity index (χ4n) is 2.12. The number of amides is 2. The monoisotopic (exact) mass is 326 g/mol. The average molecular weight is 326 g/mol. The molecule has 2 N–H and O–H groups in total. The minimum Gasteiger partial charge on any atom is -0.469 e. The zero-order chi connectivity index (χ0) is 17.4. The predicted molar refractivity (Wildman–Crippen MR) is 89.0 cm³/mol. The number of methoxy groups -OCH3 is 1. The molecule has 1 atom stereocenters. The van der Waals surface area contributed by atoms with Crippen LogP contribution in [-0.4, -0.2) is 24.9 Å². The normalized spacial score (nSPS) is 11.2. The number of rotatable bonds is 5. The van der Waals surface area contributed by atoms with Crippen LogP contribution in [0, 0.1) is 0 Å². The molecular weight excluding hydrogens is 308 g/mol. The molecule has 24 heavy (non-hydrogen) atoms. The lowest BCUT2D eigenvalue weighted by Crippen LogP contribution is -2.38. The summed E-state index contributed by atoms with van der Waals surface area (Å²) < 4.78 is 4.65. The van der Waals surface area contributed by atoms with Crippen LogP contribution in [0.1, 0.15) is 18.0 Å². The van der Waals surface area contributed by atoms with E-state index in [2.05, 4.69) is 15.4 Å². The molecule has 0 saturated heterocycles. The molecule has 0 saturated carbocycles. The summed E-state index contributed by atoms with van der Waals surface area (Å²) in [6.07, 6.45) is -0.0646. The van der Waals surface area contributed by atoms with Crippen molar-refractivity contribution < 1.29 is 19.1 Å². The standard InChI is InChI=1S/C18H18N2O4/c1-24-16(21)12-15(13-8-4-2-5-9-13)20-18(23)17(22)19-14-10-6-3-7-11-14/h2-11,15H,12H2,1H3,(H,19,22)(H,20,23)/t15-/m0/s1. The second-order valence-electron chi connectivity index (χ2n) is 5.04. The molecule has 0 aromatic heterocycles. The van der Waals surface area contributed by atoms with Crippen molar-refractivity contribution in [3.63, 3.8) is 0 Å². The molecular formula is C18H18N2O4. The smallest absolute Gasteiger partial charge is 0.313 e. The van der Waals surface area contributed by atoms with Crippen LogP contribution in [0.15, 0.2) is 60.7 Å². The molecule has 0 fully saturated rings. The van der Waals surface area contributed by atoms with Gasteiger partial charge in [0.15, 0.2) is 0 Å². The van der Waals surface area contributed by atoms with Crippen molar-refractivity contribution in [1.82, 2.24) is 5.32 Å². The fourth-order valence-corrected chi connectivity index (χ4v) is 2.12. The van der Waals surface area contributed by atoms with Gasteiger partial charge in [0, 0.05) is 5.69 Å². The molecule has 124 valence electrons. The van der Waals surface area contributed by atoms with Gasteiger partial charge < -0.3 is 15.4 Å². The molecule has 0 aliphatic rings. The Labute approximate surface area is 139 Å². The summed E-state index contributed by atoms with van der Waals surface area (Å²) in [5, 5.41) is 5.07. The van der Waals surface area contributed by atoms with Gasteiger partial charge in [0.05, 0.1) is 19.6 Å². The second-order valence-corrected chi connectivity index (χ2v) is 5.04. The van der Waals surface area contributed by atoms with Gasteiger partial charge in [0.2, 0.25) is 0 Å². The third-order valence-corrected chi connectivity index (χ3v) is 3.34. The number of carbonyl (C=O) groups excluding carboxylic acids is 3. The number of esters is 1. The van der Waals surface area contributed by atoms with E-state index >= 15 is 0 Å². The topological polar surface area (TPSA) is 84.5 Å². The Hall–Kier alpha value is -3.15. The number of ether oxygens (including phenoxy) is 1. The first-order valence-corrected chi connectivity index (χ1v) is 7.39. The van der Waals surface area contributed by atoms with Crippen LogP contribution in [0.5, 0.6) is 0 Å². The van der Waals surface area contributed by atoms with Crippen LogP contribution in [-0.2, 0) is 19.1 Å². The molecule has 2 aromatic rings. The Morgan fingerprint density at radius 2 is 1.50 bits per heavy atom. The molecule has 2 aromatic carbocycles. The number of anilines is 1. The Morgan fingerprint density at radius 3 is 2.08 bits per heavy atom. The maximum Gasteiger partial charge on any atom is 0.313 e. The Morgan fingerprint density at radius 1 is 0.917 bits per heavy atom. The highest BCUT2D eigenvalue weighted by molar-refractivity contribution is 6.39. The van der Waals surface area contributed by atoms with Gasteiger partial charge in [-0.25, -0.2) is 0 Å². The molecule has 0 aliphatic heterocycles. The van der Waals surface area contributed by atoms with E-state index in [9.17, 15) is 14.4 Å². The van der Waals surface area contributed by atoms with E-state index in [-0.39, 0.29) is 6.42 Å². The number of carbonyl (C=O) groups is 3. The van der Waals surface area contributed by atoms with Crippen molar-refractivity contribution in [3.8, 4) is 0 Å². The molecule has 0 heterocycles.